The molecule has 0 bridgehead atoms. The first-order valence-electron chi connectivity index (χ1n) is 29.9. The zero-order valence-electron chi connectivity index (χ0n) is 49.9. The van der Waals surface area contributed by atoms with Crippen molar-refractivity contribution in [2.24, 2.45) is 29.4 Å². The average Bonchev–Trinajstić information content (AvgIpc) is 3.61. The van der Waals surface area contributed by atoms with Gasteiger partial charge in [-0.3, -0.25) is 57.5 Å². The molecule has 0 radical (unpaired) electrons. The molecule has 1 aromatic rings. The van der Waals surface area contributed by atoms with Gasteiger partial charge in [-0.25, -0.2) is 0 Å². The van der Waals surface area contributed by atoms with Gasteiger partial charge in [-0.1, -0.05) is 57.4 Å². The molecule has 0 spiro atoms. The van der Waals surface area contributed by atoms with Crippen molar-refractivity contribution in [2.45, 2.75) is 187 Å². The van der Waals surface area contributed by atoms with Crippen LogP contribution in [0.4, 0.5) is 0 Å². The Labute approximate surface area is 494 Å². The van der Waals surface area contributed by atoms with Crippen LogP contribution in [-0.4, -0.2) is 158 Å². The molecule has 0 aliphatic heterocycles. The van der Waals surface area contributed by atoms with Crippen LogP contribution in [-0.2, 0) is 78.1 Å². The number of hydrogen-bond acceptors (Lipinski definition) is 16. The molecule has 474 valence electrons. The molecular formula is C61H96N4O19. The Kier molecular flexibility index (Phi) is 42.4. The van der Waals surface area contributed by atoms with Crippen molar-refractivity contribution in [1.82, 2.24) is 16.0 Å². The van der Waals surface area contributed by atoms with Gasteiger partial charge in [0.1, 0.15) is 24.8 Å². The summed E-state index contributed by atoms with van der Waals surface area (Å²) >= 11 is 0. The molecule has 1 aliphatic rings. The predicted octanol–water partition coefficient (Wildman–Crippen LogP) is 6.10. The summed E-state index contributed by atoms with van der Waals surface area (Å²) in [5.41, 5.74) is 7.43. The number of hydrogen-bond donors (Lipinski definition) is 7. The van der Waals surface area contributed by atoms with Crippen LogP contribution >= 0.6 is 0 Å². The summed E-state index contributed by atoms with van der Waals surface area (Å²) < 4.78 is 21.2. The molecule has 1 saturated carbocycles. The molecule has 1 aliphatic carbocycles. The van der Waals surface area contributed by atoms with Gasteiger partial charge in [0.15, 0.2) is 17.3 Å². The van der Waals surface area contributed by atoms with Crippen molar-refractivity contribution in [3.63, 3.8) is 0 Å². The van der Waals surface area contributed by atoms with E-state index in [-0.39, 0.29) is 169 Å². The molecule has 1 aromatic carbocycles. The minimum absolute atomic E-state index is 0.0140. The normalized spacial score (nSPS) is 14.8. The number of unbranched alkanes of at least 4 members (excludes halogenated alkanes) is 3. The van der Waals surface area contributed by atoms with Gasteiger partial charge in [0.25, 0.3) is 0 Å². The van der Waals surface area contributed by atoms with Crippen molar-refractivity contribution < 1.29 is 91.8 Å². The highest BCUT2D eigenvalue weighted by atomic mass is 16.5. The van der Waals surface area contributed by atoms with Crippen LogP contribution in [0.2, 0.25) is 0 Å². The van der Waals surface area contributed by atoms with Crippen LogP contribution < -0.4 is 21.7 Å². The third kappa shape index (κ3) is 38.5. The fourth-order valence-electron chi connectivity index (χ4n) is 9.14. The fourth-order valence-corrected chi connectivity index (χ4v) is 9.14. The van der Waals surface area contributed by atoms with Crippen molar-refractivity contribution in [3.8, 4) is 0 Å². The van der Waals surface area contributed by atoms with Crippen molar-refractivity contribution in [1.29, 1.82) is 0 Å². The number of nitrogens with two attached hydrogens (primary N) is 1. The Morgan fingerprint density at radius 3 is 1.80 bits per heavy atom. The maximum Gasteiger partial charge on any atom is 0.306 e. The Morgan fingerprint density at radius 2 is 1.20 bits per heavy atom. The van der Waals surface area contributed by atoms with Crippen molar-refractivity contribution in [2.75, 3.05) is 66.4 Å². The van der Waals surface area contributed by atoms with Gasteiger partial charge in [0, 0.05) is 108 Å². The highest BCUT2D eigenvalue weighted by molar-refractivity contribution is 5.96. The molecular weight excluding hydrogens is 1090 g/mol. The van der Waals surface area contributed by atoms with E-state index in [1.165, 1.54) is 25.5 Å². The minimum atomic E-state index is -1.23. The Bertz CT molecular complexity index is 2180. The number of nitrogens with one attached hydrogen (secondary N) is 3. The Hall–Kier alpha value is -6.30. The van der Waals surface area contributed by atoms with E-state index in [1.807, 2.05) is 24.3 Å². The summed E-state index contributed by atoms with van der Waals surface area (Å²) in [4.78, 5) is 143. The second kappa shape index (κ2) is 47.0. The molecule has 0 aromatic heterocycles. The number of aliphatic carboxylic acids is 3. The lowest BCUT2D eigenvalue weighted by Crippen LogP contribution is -2.41. The summed E-state index contributed by atoms with van der Waals surface area (Å²) in [5.74, 6) is -6.96. The van der Waals surface area contributed by atoms with E-state index in [9.17, 15) is 62.6 Å². The summed E-state index contributed by atoms with van der Waals surface area (Å²) in [6, 6.07) is 6.84. The Morgan fingerprint density at radius 1 is 0.571 bits per heavy atom. The second-order valence-corrected chi connectivity index (χ2v) is 21.3. The molecule has 1 fully saturated rings. The van der Waals surface area contributed by atoms with Gasteiger partial charge in [-0.15, -0.1) is 0 Å². The number of amides is 4. The van der Waals surface area contributed by atoms with Gasteiger partial charge in [0.2, 0.25) is 23.6 Å². The number of aryl methyl sites for hydroxylation is 1. The summed E-state index contributed by atoms with van der Waals surface area (Å²) in [6.45, 7) is 5.70. The van der Waals surface area contributed by atoms with Crippen molar-refractivity contribution in [3.05, 3.63) is 35.4 Å². The number of carboxylic acid groups (broad SMARTS) is 3. The molecule has 23 heteroatoms. The number of carboxylic acids is 3. The highest BCUT2D eigenvalue weighted by Crippen LogP contribution is 2.31. The third-order valence-corrected chi connectivity index (χ3v) is 14.4. The molecule has 4 amide bonds. The number of benzene rings is 1. The molecule has 3 atom stereocenters. The lowest BCUT2D eigenvalue weighted by molar-refractivity contribution is -0.145. The fraction of sp³-hybridized carbons (Fsp3) is 0.705. The lowest BCUT2D eigenvalue weighted by atomic mass is 9.78. The SMILES string of the molecule is CCCCc1ccc(C(=O)CCCCC[C@H](CC(=O)CC)C(N)=O)cc1.CNC(=O)COCCOCCCC(=O)COCCOCCCC(=O)[C@H](CCC(=O)O)NC(=O)CC[C@H](CC(=O)C1CCC(CNC(=O)CCCC(=O)O)CC1)C(=O)O. The van der Waals surface area contributed by atoms with Crippen LogP contribution in [0.1, 0.15) is 190 Å². The first kappa shape index (κ1) is 75.7. The summed E-state index contributed by atoms with van der Waals surface area (Å²) in [7, 11) is 1.51. The predicted molar refractivity (Wildman–Crippen MR) is 310 cm³/mol. The number of ether oxygens (including phenoxy) is 4. The number of primary amides is 1. The van der Waals surface area contributed by atoms with E-state index in [2.05, 4.69) is 22.9 Å². The van der Waals surface area contributed by atoms with Crippen LogP contribution in [0, 0.1) is 23.7 Å². The molecule has 0 heterocycles. The molecule has 84 heavy (non-hydrogen) atoms. The standard InChI is InChI=1S/C39H63N3O16.C22H33NO3/c1-40-36(48)26-58-22-20-55-17-3-5-30(43)25-57-21-19-56-18-4-6-32(44)31(14-16-38(51)52)42-35(47)15-13-29(39(53)54)23-33(45)28-11-9-27(10-12-28)24-41-34(46)7-2-8-37(49)50;1-3-5-9-17-12-14-18(15-13-17)21(25)11-8-6-7-10-19(22(23)26)16-20(24)4-2/h27-29,31H,2-26H2,1H3,(H,40,48)(H,41,46)(H,42,47)(H,49,50)(H,51,52)(H,53,54);12-15,19H,3-11,16H2,1-2H3,(H2,23,26)/t27?,28?,29-,31+;19-/m11/s1. The molecule has 0 saturated heterocycles. The largest absolute Gasteiger partial charge is 0.481 e. The second-order valence-electron chi connectivity index (χ2n) is 21.3. The van der Waals surface area contributed by atoms with Gasteiger partial charge in [-0.2, -0.15) is 0 Å². The number of carbonyl (C=O) groups is 12. The number of rotatable bonds is 50. The van der Waals surface area contributed by atoms with E-state index >= 15 is 0 Å². The summed E-state index contributed by atoms with van der Waals surface area (Å²) in [5, 5.41) is 35.4. The van der Waals surface area contributed by atoms with E-state index in [0.29, 0.717) is 71.1 Å². The van der Waals surface area contributed by atoms with E-state index < -0.39 is 47.5 Å². The third-order valence-electron chi connectivity index (χ3n) is 14.4. The molecule has 23 nitrogen and oxygen atoms in total. The van der Waals surface area contributed by atoms with Gasteiger partial charge >= 0.3 is 17.9 Å². The molecule has 8 N–H and O–H groups in total. The lowest BCUT2D eigenvalue weighted by Gasteiger charge is -2.28. The van der Waals surface area contributed by atoms with Crippen LogP contribution in [0.15, 0.2) is 24.3 Å². The first-order valence-corrected chi connectivity index (χ1v) is 29.9. The first-order chi connectivity index (χ1) is 40.2. The zero-order chi connectivity index (χ0) is 62.5. The van der Waals surface area contributed by atoms with Gasteiger partial charge < -0.3 is 56.0 Å². The number of ketones is 5. The van der Waals surface area contributed by atoms with Crippen LogP contribution in [0.3, 0.4) is 0 Å². The van der Waals surface area contributed by atoms with E-state index in [0.717, 1.165) is 31.2 Å². The smallest absolute Gasteiger partial charge is 0.306 e. The molecule has 0 unspecified atom stereocenters. The number of carbonyl (C=O) groups excluding carboxylic acids is 9. The topological polar surface area (TPSA) is 365 Å². The Balaban J connectivity index is 0.00000113. The highest BCUT2D eigenvalue weighted by Gasteiger charge is 2.31. The quantitative estimate of drug-likeness (QED) is 0.0286. The van der Waals surface area contributed by atoms with E-state index in [4.69, 9.17) is 34.9 Å². The number of likely N-dealkylation sites (N-methyl/N-ethyl adjacent to an activating group) is 1. The van der Waals surface area contributed by atoms with Crippen LogP contribution in [0.5, 0.6) is 0 Å². The van der Waals surface area contributed by atoms with E-state index in [1.54, 1.807) is 6.92 Å². The maximum absolute atomic E-state index is 13.0. The molecule has 2 rings (SSSR count). The van der Waals surface area contributed by atoms with Crippen LogP contribution in [0.25, 0.3) is 0 Å². The minimum Gasteiger partial charge on any atom is -0.481 e. The monoisotopic (exact) mass is 1190 g/mol. The zero-order valence-corrected chi connectivity index (χ0v) is 49.9. The summed E-state index contributed by atoms with van der Waals surface area (Å²) in [6.07, 6.45) is 10.3. The maximum atomic E-state index is 13.0. The number of Topliss-reactive ketones (excluding diaryl/α,β-unsaturated/α-hetero) is 5. The van der Waals surface area contributed by atoms with Gasteiger partial charge in [0.05, 0.1) is 38.4 Å². The van der Waals surface area contributed by atoms with Gasteiger partial charge in [-0.05, 0) is 95.0 Å². The average molecular weight is 1190 g/mol. The van der Waals surface area contributed by atoms with Crippen molar-refractivity contribution >= 4 is 70.5 Å².